The highest BCUT2D eigenvalue weighted by Gasteiger charge is 2.41. The molecule has 0 spiro atoms. The van der Waals surface area contributed by atoms with Crippen LogP contribution in [-0.2, 0) is 25.2 Å². The highest BCUT2D eigenvalue weighted by atomic mass is 32.2. The molecule has 1 aliphatic heterocycles. The second-order valence-corrected chi connectivity index (χ2v) is 10.5. The average Bonchev–Trinajstić information content (AvgIpc) is 2.77. The van der Waals surface area contributed by atoms with E-state index in [9.17, 15) is 26.8 Å². The molecule has 0 bridgehead atoms. The van der Waals surface area contributed by atoms with Crippen molar-refractivity contribution in [3.63, 3.8) is 0 Å². The molecule has 0 fully saturated rings. The van der Waals surface area contributed by atoms with Crippen molar-refractivity contribution in [3.8, 4) is 5.75 Å². The third kappa shape index (κ3) is 6.26. The number of unbranched alkanes of at least 4 members (excludes halogenated alkanes) is 1. The minimum absolute atomic E-state index is 0.0888. The zero-order valence-electron chi connectivity index (χ0n) is 20.0. The topological polar surface area (TPSA) is 102 Å². The van der Waals surface area contributed by atoms with E-state index >= 15 is 4.39 Å². The van der Waals surface area contributed by atoms with Crippen molar-refractivity contribution >= 4 is 27.4 Å². The number of nitrogens with one attached hydrogen (secondary N) is 2. The number of ether oxygens (including phenoxy) is 1. The molecule has 0 aromatic heterocycles. The highest BCUT2D eigenvalue weighted by Crippen LogP contribution is 2.40. The van der Waals surface area contributed by atoms with Crippen LogP contribution in [0, 0.1) is 5.82 Å². The van der Waals surface area contributed by atoms with Gasteiger partial charge in [-0.15, -0.1) is 0 Å². The first-order chi connectivity index (χ1) is 16.8. The number of rotatable bonds is 9. The number of alkyl halides is 2. The summed E-state index contributed by atoms with van der Waals surface area (Å²) in [6.07, 6.45) is -0.381. The minimum Gasteiger partial charge on any atom is -0.493 e. The molecule has 3 rings (SSSR count). The summed E-state index contributed by atoms with van der Waals surface area (Å²) in [6, 6.07) is 9.15. The summed E-state index contributed by atoms with van der Waals surface area (Å²) < 4.78 is 71.9. The predicted octanol–water partition coefficient (Wildman–Crippen LogP) is 4.21. The molecule has 0 unspecified atom stereocenters. The summed E-state index contributed by atoms with van der Waals surface area (Å²) in [6.45, 7) is 3.97. The highest BCUT2D eigenvalue weighted by molar-refractivity contribution is 7.89. The van der Waals surface area contributed by atoms with Crippen LogP contribution in [0.25, 0.3) is 5.57 Å². The fourth-order valence-electron chi connectivity index (χ4n) is 4.00. The first-order valence-corrected chi connectivity index (χ1v) is 13.1. The van der Waals surface area contributed by atoms with Gasteiger partial charge in [-0.25, -0.2) is 26.3 Å². The second-order valence-electron chi connectivity index (χ2n) is 8.79. The average molecular weight is 525 g/mol. The van der Waals surface area contributed by atoms with E-state index < -0.39 is 45.2 Å². The molecule has 0 radical (unpaired) electrons. The third-order valence-corrected chi connectivity index (χ3v) is 6.32. The van der Waals surface area contributed by atoms with Gasteiger partial charge in [0.1, 0.15) is 17.1 Å². The van der Waals surface area contributed by atoms with E-state index in [1.54, 1.807) is 17.7 Å². The van der Waals surface area contributed by atoms with E-state index in [1.807, 2.05) is 6.92 Å². The molecular formula is C25H27F3N2O5S. The van der Waals surface area contributed by atoms with Crippen LogP contribution in [0.15, 0.2) is 48.0 Å². The number of hydrogen-bond donors (Lipinski definition) is 2. The van der Waals surface area contributed by atoms with Gasteiger partial charge in [0.25, 0.3) is 18.2 Å². The SMILES string of the molecule is CCCCOc1ccc([C@]2(C)CC(c3ccc(C(F)F)cc3)=C(C(=O)NS(C)(=O)=O)C(=O)N2)c(F)c1. The molecule has 2 amide bonds. The summed E-state index contributed by atoms with van der Waals surface area (Å²) in [5, 5.41) is 2.61. The van der Waals surface area contributed by atoms with Crippen LogP contribution < -0.4 is 14.8 Å². The van der Waals surface area contributed by atoms with E-state index in [0.29, 0.717) is 12.4 Å². The predicted molar refractivity (Wildman–Crippen MR) is 128 cm³/mol. The van der Waals surface area contributed by atoms with E-state index in [1.165, 1.54) is 24.3 Å². The molecule has 0 aliphatic carbocycles. The summed E-state index contributed by atoms with van der Waals surface area (Å²) in [5.41, 5.74) is -1.65. The maximum atomic E-state index is 15.2. The largest absolute Gasteiger partial charge is 0.493 e. The summed E-state index contributed by atoms with van der Waals surface area (Å²) in [5.74, 6) is -2.43. The monoisotopic (exact) mass is 524 g/mol. The lowest BCUT2D eigenvalue weighted by Gasteiger charge is -2.37. The molecule has 194 valence electrons. The van der Waals surface area contributed by atoms with Gasteiger partial charge in [-0.1, -0.05) is 43.7 Å². The first-order valence-electron chi connectivity index (χ1n) is 11.2. The molecule has 1 heterocycles. The lowest BCUT2D eigenvalue weighted by atomic mass is 9.78. The number of benzene rings is 2. The Bertz CT molecular complexity index is 1290. The van der Waals surface area contributed by atoms with Gasteiger partial charge in [-0.05, 0) is 30.5 Å². The molecular weight excluding hydrogens is 497 g/mol. The van der Waals surface area contributed by atoms with E-state index in [0.717, 1.165) is 31.2 Å². The number of carbonyl (C=O) groups excluding carboxylic acids is 2. The van der Waals surface area contributed by atoms with Gasteiger partial charge in [0.2, 0.25) is 10.0 Å². The number of halogens is 3. The van der Waals surface area contributed by atoms with Crippen molar-refractivity contribution in [2.24, 2.45) is 0 Å². The van der Waals surface area contributed by atoms with Crippen molar-refractivity contribution in [1.29, 1.82) is 0 Å². The molecule has 7 nitrogen and oxygen atoms in total. The maximum Gasteiger partial charge on any atom is 0.270 e. The smallest absolute Gasteiger partial charge is 0.270 e. The molecule has 0 saturated carbocycles. The van der Waals surface area contributed by atoms with Crippen molar-refractivity contribution in [2.75, 3.05) is 12.9 Å². The van der Waals surface area contributed by atoms with Crippen molar-refractivity contribution in [1.82, 2.24) is 10.0 Å². The summed E-state index contributed by atoms with van der Waals surface area (Å²) in [7, 11) is -4.01. The lowest BCUT2D eigenvalue weighted by Crippen LogP contribution is -2.51. The van der Waals surface area contributed by atoms with Crippen LogP contribution in [0.4, 0.5) is 13.2 Å². The van der Waals surface area contributed by atoms with Gasteiger partial charge in [-0.3, -0.25) is 9.59 Å². The Hall–Kier alpha value is -3.34. The molecule has 36 heavy (non-hydrogen) atoms. The first kappa shape index (κ1) is 27.3. The van der Waals surface area contributed by atoms with Crippen LogP contribution in [0.2, 0.25) is 0 Å². The number of sulfonamides is 1. The van der Waals surface area contributed by atoms with Crippen LogP contribution in [0.3, 0.4) is 0 Å². The van der Waals surface area contributed by atoms with Gasteiger partial charge in [0.15, 0.2) is 0 Å². The Kier molecular flexibility index (Phi) is 8.12. The molecule has 2 aromatic carbocycles. The van der Waals surface area contributed by atoms with Crippen molar-refractivity contribution in [3.05, 3.63) is 70.5 Å². The van der Waals surface area contributed by atoms with E-state index in [4.69, 9.17) is 4.74 Å². The standard InChI is InChI=1S/C25H27F3N2O5S/c1-4-5-12-35-17-10-11-19(20(26)13-17)25(2)14-18(15-6-8-16(9-7-15)22(27)28)21(23(31)29-25)24(32)30-36(3,33)34/h6-11,13,22H,4-5,12,14H2,1-3H3,(H,29,31)(H,30,32)/t25-/m0/s1. The van der Waals surface area contributed by atoms with Crippen LogP contribution in [-0.4, -0.2) is 33.1 Å². The summed E-state index contributed by atoms with van der Waals surface area (Å²) in [4.78, 5) is 25.9. The van der Waals surface area contributed by atoms with E-state index in [2.05, 4.69) is 5.32 Å². The molecule has 1 aliphatic rings. The van der Waals surface area contributed by atoms with Gasteiger partial charge < -0.3 is 10.1 Å². The Balaban J connectivity index is 2.07. The second kappa shape index (κ2) is 10.7. The zero-order chi connectivity index (χ0) is 26.7. The number of hydrogen-bond acceptors (Lipinski definition) is 5. The molecule has 1 atom stereocenters. The molecule has 2 N–H and O–H groups in total. The van der Waals surface area contributed by atoms with Crippen molar-refractivity contribution < 1.29 is 35.9 Å². The lowest BCUT2D eigenvalue weighted by molar-refractivity contribution is -0.124. The number of amides is 2. The van der Waals surface area contributed by atoms with Crippen molar-refractivity contribution in [2.45, 2.75) is 45.1 Å². The van der Waals surface area contributed by atoms with Crippen LogP contribution in [0.5, 0.6) is 5.75 Å². The Morgan fingerprint density at radius 3 is 2.42 bits per heavy atom. The van der Waals surface area contributed by atoms with E-state index in [-0.39, 0.29) is 28.7 Å². The van der Waals surface area contributed by atoms with Gasteiger partial charge in [0.05, 0.1) is 18.4 Å². The fraction of sp³-hybridized carbons (Fsp3) is 0.360. The molecule has 0 saturated heterocycles. The fourth-order valence-corrected chi connectivity index (χ4v) is 4.44. The quantitative estimate of drug-likeness (QED) is 0.378. The Morgan fingerprint density at radius 1 is 1.19 bits per heavy atom. The van der Waals surface area contributed by atoms with Gasteiger partial charge >= 0.3 is 0 Å². The zero-order valence-corrected chi connectivity index (χ0v) is 20.8. The van der Waals surface area contributed by atoms with Crippen LogP contribution in [0.1, 0.15) is 56.2 Å². The normalized spacial score (nSPS) is 18.2. The summed E-state index contributed by atoms with van der Waals surface area (Å²) >= 11 is 0. The molecule has 2 aromatic rings. The van der Waals surface area contributed by atoms with Crippen LogP contribution >= 0.6 is 0 Å². The van der Waals surface area contributed by atoms with Gasteiger partial charge in [0, 0.05) is 23.6 Å². The van der Waals surface area contributed by atoms with Gasteiger partial charge in [-0.2, -0.15) is 0 Å². The maximum absolute atomic E-state index is 15.2. The Labute approximate surface area is 207 Å². The minimum atomic E-state index is -4.01. The molecule has 11 heteroatoms. The number of carbonyl (C=O) groups is 2. The third-order valence-electron chi connectivity index (χ3n) is 5.77. The Morgan fingerprint density at radius 2 is 1.86 bits per heavy atom.